The second kappa shape index (κ2) is 22.7. The predicted molar refractivity (Wildman–Crippen MR) is 126 cm³/mol. The minimum Gasteiger partial charge on any atom is -0.430 e. The number of alkyl carbamates (subject to hydrolysis) is 2. The van der Waals surface area contributed by atoms with E-state index in [-0.39, 0.29) is 24.8 Å². The molecule has 2 atom stereocenters. The second-order valence-corrected chi connectivity index (χ2v) is 7.01. The lowest BCUT2D eigenvalue weighted by Crippen LogP contribution is -2.47. The first-order valence-electron chi connectivity index (χ1n) is 10.8. The van der Waals surface area contributed by atoms with Crippen LogP contribution in [0.2, 0.25) is 0 Å². The molecule has 0 fully saturated rings. The number of nitrogens with zero attached hydrogens (tertiary/aromatic N) is 1. The van der Waals surface area contributed by atoms with Crippen LogP contribution in [-0.2, 0) is 9.47 Å². The lowest BCUT2D eigenvalue weighted by Gasteiger charge is -2.33. The van der Waals surface area contributed by atoms with Gasteiger partial charge in [-0.25, -0.2) is 14.5 Å². The molecule has 182 valence electrons. The topological polar surface area (TPSA) is 106 Å². The largest absolute Gasteiger partial charge is 0.430 e. The molecule has 0 spiro atoms. The third-order valence-electron chi connectivity index (χ3n) is 4.46. The standard InChI is InChI=1S/C20H42N4O4.2ClH/c1-5-7-14-22-19(25)27-17(3)24(16-12-10-9-11-13-21)18(4)28-20(26)23-15-8-6-2;;/h17-18H,5-16,21H2,1-4H3,(H,22,25)(H,23,26);2*1H. The van der Waals surface area contributed by atoms with Gasteiger partial charge in [0.1, 0.15) is 0 Å². The first-order valence-corrected chi connectivity index (χ1v) is 10.8. The van der Waals surface area contributed by atoms with Crippen LogP contribution in [0.25, 0.3) is 0 Å². The van der Waals surface area contributed by atoms with E-state index in [4.69, 9.17) is 15.2 Å². The summed E-state index contributed by atoms with van der Waals surface area (Å²) in [5.74, 6) is 0. The fraction of sp³-hybridized carbons (Fsp3) is 0.900. The van der Waals surface area contributed by atoms with E-state index >= 15 is 0 Å². The summed E-state index contributed by atoms with van der Waals surface area (Å²) in [6, 6.07) is 0. The molecular weight excluding hydrogens is 431 g/mol. The smallest absolute Gasteiger partial charge is 0.408 e. The molecule has 10 heteroatoms. The van der Waals surface area contributed by atoms with Crippen LogP contribution in [0.15, 0.2) is 0 Å². The quantitative estimate of drug-likeness (QED) is 0.226. The van der Waals surface area contributed by atoms with Gasteiger partial charge in [-0.1, -0.05) is 39.5 Å². The summed E-state index contributed by atoms with van der Waals surface area (Å²) in [6.45, 7) is 10.3. The maximum Gasteiger partial charge on any atom is 0.408 e. The Labute approximate surface area is 195 Å². The summed E-state index contributed by atoms with van der Waals surface area (Å²) in [4.78, 5) is 25.8. The zero-order valence-corrected chi connectivity index (χ0v) is 20.7. The van der Waals surface area contributed by atoms with E-state index in [1.165, 1.54) is 0 Å². The molecule has 0 aliphatic carbocycles. The van der Waals surface area contributed by atoms with Gasteiger partial charge in [0, 0.05) is 19.6 Å². The van der Waals surface area contributed by atoms with Crippen molar-refractivity contribution in [2.24, 2.45) is 5.73 Å². The zero-order valence-electron chi connectivity index (χ0n) is 19.1. The van der Waals surface area contributed by atoms with Crippen molar-refractivity contribution in [3.05, 3.63) is 0 Å². The van der Waals surface area contributed by atoms with E-state index < -0.39 is 24.6 Å². The van der Waals surface area contributed by atoms with Gasteiger partial charge < -0.3 is 25.8 Å². The number of halogens is 2. The Morgan fingerprint density at radius 1 is 0.800 bits per heavy atom. The number of ether oxygens (including phenoxy) is 2. The highest BCUT2D eigenvalue weighted by Crippen LogP contribution is 2.12. The number of nitrogens with two attached hydrogens (primary N) is 1. The number of rotatable bonds is 16. The van der Waals surface area contributed by atoms with Crippen molar-refractivity contribution in [3.8, 4) is 0 Å². The van der Waals surface area contributed by atoms with E-state index in [2.05, 4.69) is 24.5 Å². The molecular formula is C20H44Cl2N4O4. The molecule has 0 aromatic heterocycles. The summed E-state index contributed by atoms with van der Waals surface area (Å²) in [6.07, 6.45) is 5.91. The third kappa shape index (κ3) is 17.9. The fourth-order valence-corrected chi connectivity index (χ4v) is 2.71. The number of unbranched alkanes of at least 4 members (excludes halogenated alkanes) is 5. The number of carbonyl (C=O) groups excluding carboxylic acids is 2. The molecule has 0 saturated heterocycles. The molecule has 4 N–H and O–H groups in total. The Morgan fingerprint density at radius 3 is 1.63 bits per heavy atom. The number of amides is 2. The van der Waals surface area contributed by atoms with Crippen molar-refractivity contribution in [3.63, 3.8) is 0 Å². The molecule has 0 bridgehead atoms. The van der Waals surface area contributed by atoms with Gasteiger partial charge in [-0.05, 0) is 46.1 Å². The van der Waals surface area contributed by atoms with Gasteiger partial charge in [0.15, 0.2) is 12.5 Å². The van der Waals surface area contributed by atoms with Crippen LogP contribution in [0.3, 0.4) is 0 Å². The zero-order chi connectivity index (χ0) is 21.2. The number of hydrogen-bond donors (Lipinski definition) is 3. The highest BCUT2D eigenvalue weighted by atomic mass is 35.5. The monoisotopic (exact) mass is 474 g/mol. The second-order valence-electron chi connectivity index (χ2n) is 7.01. The highest BCUT2D eigenvalue weighted by molar-refractivity contribution is 5.85. The van der Waals surface area contributed by atoms with E-state index in [1.807, 2.05) is 4.90 Å². The molecule has 0 saturated carbocycles. The summed E-state index contributed by atoms with van der Waals surface area (Å²) < 4.78 is 11.0. The normalized spacial score (nSPS) is 12.2. The van der Waals surface area contributed by atoms with Gasteiger partial charge in [0.05, 0.1) is 0 Å². The first kappa shape index (κ1) is 33.7. The maximum absolute atomic E-state index is 12.0. The fourth-order valence-electron chi connectivity index (χ4n) is 2.71. The average molecular weight is 476 g/mol. The summed E-state index contributed by atoms with van der Waals surface area (Å²) in [5, 5.41) is 5.49. The minimum atomic E-state index is -0.505. The van der Waals surface area contributed by atoms with Crippen molar-refractivity contribution in [2.45, 2.75) is 91.5 Å². The van der Waals surface area contributed by atoms with Gasteiger partial charge >= 0.3 is 12.2 Å². The molecule has 0 aliphatic rings. The maximum atomic E-state index is 12.0. The Balaban J connectivity index is -0.00000364. The van der Waals surface area contributed by atoms with Crippen molar-refractivity contribution in [1.82, 2.24) is 15.5 Å². The average Bonchev–Trinajstić information content (AvgIpc) is 2.64. The van der Waals surface area contributed by atoms with E-state index in [9.17, 15) is 9.59 Å². The van der Waals surface area contributed by atoms with Crippen LogP contribution in [0.1, 0.15) is 79.1 Å². The van der Waals surface area contributed by atoms with Gasteiger partial charge in [-0.15, -0.1) is 24.8 Å². The molecule has 8 nitrogen and oxygen atoms in total. The minimum absolute atomic E-state index is 0. The lowest BCUT2D eigenvalue weighted by molar-refractivity contribution is -0.0921. The van der Waals surface area contributed by atoms with Crippen LogP contribution in [0.5, 0.6) is 0 Å². The van der Waals surface area contributed by atoms with Crippen LogP contribution in [-0.4, -0.2) is 55.7 Å². The van der Waals surface area contributed by atoms with Crippen molar-refractivity contribution >= 4 is 37.0 Å². The highest BCUT2D eigenvalue weighted by Gasteiger charge is 2.25. The molecule has 0 rings (SSSR count). The van der Waals surface area contributed by atoms with Crippen LogP contribution >= 0.6 is 24.8 Å². The van der Waals surface area contributed by atoms with Crippen LogP contribution in [0, 0.1) is 0 Å². The summed E-state index contributed by atoms with van der Waals surface area (Å²) in [7, 11) is 0. The van der Waals surface area contributed by atoms with Crippen LogP contribution < -0.4 is 16.4 Å². The van der Waals surface area contributed by atoms with Crippen molar-refractivity contribution in [1.29, 1.82) is 0 Å². The Morgan fingerprint density at radius 2 is 1.23 bits per heavy atom. The van der Waals surface area contributed by atoms with Crippen molar-refractivity contribution in [2.75, 3.05) is 26.2 Å². The molecule has 2 amide bonds. The van der Waals surface area contributed by atoms with Crippen LogP contribution in [0.4, 0.5) is 9.59 Å². The molecule has 0 heterocycles. The molecule has 30 heavy (non-hydrogen) atoms. The molecule has 0 aliphatic heterocycles. The van der Waals surface area contributed by atoms with Gasteiger partial charge in [0.2, 0.25) is 0 Å². The number of nitrogens with one attached hydrogen (secondary N) is 2. The Hall–Kier alpha value is -0.960. The number of hydrogen-bond acceptors (Lipinski definition) is 6. The molecule has 0 aromatic carbocycles. The summed E-state index contributed by atoms with van der Waals surface area (Å²) in [5.41, 5.74) is 5.54. The van der Waals surface area contributed by atoms with Gasteiger partial charge in [-0.3, -0.25) is 0 Å². The van der Waals surface area contributed by atoms with Crippen molar-refractivity contribution < 1.29 is 19.1 Å². The lowest BCUT2D eigenvalue weighted by atomic mass is 10.2. The molecule has 2 unspecified atom stereocenters. The Bertz CT molecular complexity index is 390. The van der Waals surface area contributed by atoms with E-state index in [0.717, 1.165) is 51.4 Å². The first-order chi connectivity index (χ1) is 13.5. The third-order valence-corrected chi connectivity index (χ3v) is 4.46. The molecule has 0 radical (unpaired) electrons. The van der Waals surface area contributed by atoms with E-state index in [1.54, 1.807) is 13.8 Å². The SMILES string of the molecule is CCCCNC(=O)OC(C)N(CCCCCCN)C(C)OC(=O)NCCCC.Cl.Cl. The van der Waals surface area contributed by atoms with Gasteiger partial charge in [-0.2, -0.15) is 0 Å². The number of carbonyl (C=O) groups is 2. The Kier molecular flexibility index (Phi) is 25.5. The predicted octanol–water partition coefficient (Wildman–Crippen LogP) is 4.40. The van der Waals surface area contributed by atoms with E-state index in [0.29, 0.717) is 26.2 Å². The summed E-state index contributed by atoms with van der Waals surface area (Å²) >= 11 is 0. The molecule has 0 aromatic rings. The van der Waals surface area contributed by atoms with Gasteiger partial charge in [0.25, 0.3) is 0 Å².